The molecule has 5 heteroatoms. The van der Waals surface area contributed by atoms with Gasteiger partial charge in [0.25, 0.3) is 0 Å². The molecule has 0 saturated carbocycles. The molecule has 0 saturated heterocycles. The third kappa shape index (κ3) is 5.21. The van der Waals surface area contributed by atoms with E-state index in [-0.39, 0.29) is 0 Å². The summed E-state index contributed by atoms with van der Waals surface area (Å²) >= 11 is 0. The predicted octanol–water partition coefficient (Wildman–Crippen LogP) is 1.78. The van der Waals surface area contributed by atoms with Crippen molar-refractivity contribution >= 4 is 0 Å². The number of nitrogens with one attached hydrogen (secondary N) is 1. The molecule has 0 unspecified atom stereocenters. The van der Waals surface area contributed by atoms with Crippen molar-refractivity contribution in [1.29, 1.82) is 0 Å². The zero-order valence-corrected chi connectivity index (χ0v) is 12.7. The van der Waals surface area contributed by atoms with Gasteiger partial charge in [0.05, 0.1) is 13.2 Å². The van der Waals surface area contributed by atoms with Crippen LogP contribution in [0, 0.1) is 0 Å². The maximum Gasteiger partial charge on any atom is 0.119 e. The number of methoxy groups -OCH3 is 1. The van der Waals surface area contributed by atoms with Crippen molar-refractivity contribution in [3.8, 4) is 5.75 Å². The summed E-state index contributed by atoms with van der Waals surface area (Å²) in [5, 5.41) is 7.47. The smallest absolute Gasteiger partial charge is 0.119 e. The van der Waals surface area contributed by atoms with Gasteiger partial charge in [0.1, 0.15) is 5.75 Å². The Labute approximate surface area is 125 Å². The normalized spacial score (nSPS) is 10.8. The van der Waals surface area contributed by atoms with Gasteiger partial charge in [-0.2, -0.15) is 5.10 Å². The molecule has 0 radical (unpaired) electrons. The zero-order valence-electron chi connectivity index (χ0n) is 12.7. The second-order valence-electron chi connectivity index (χ2n) is 4.86. The van der Waals surface area contributed by atoms with Crippen LogP contribution in [0.5, 0.6) is 5.75 Å². The lowest BCUT2D eigenvalue weighted by atomic mass is 10.2. The van der Waals surface area contributed by atoms with Gasteiger partial charge in [-0.25, -0.2) is 0 Å². The van der Waals surface area contributed by atoms with E-state index < -0.39 is 0 Å². The molecule has 21 heavy (non-hydrogen) atoms. The average molecular weight is 289 g/mol. The number of ether oxygens (including phenoxy) is 2. The first-order chi connectivity index (χ1) is 10.3. The largest absolute Gasteiger partial charge is 0.493 e. The Morgan fingerprint density at radius 2 is 2.14 bits per heavy atom. The van der Waals surface area contributed by atoms with Crippen LogP contribution in [0.1, 0.15) is 11.3 Å². The summed E-state index contributed by atoms with van der Waals surface area (Å²) < 4.78 is 12.7. The number of hydrogen-bond donors (Lipinski definition) is 1. The number of hydrogen-bond acceptors (Lipinski definition) is 4. The first-order valence-electron chi connectivity index (χ1n) is 7.18. The molecule has 0 aliphatic carbocycles. The van der Waals surface area contributed by atoms with Crippen LogP contribution >= 0.6 is 0 Å². The van der Waals surface area contributed by atoms with E-state index in [1.165, 1.54) is 11.3 Å². The Kier molecular flexibility index (Phi) is 6.24. The lowest BCUT2D eigenvalue weighted by Crippen LogP contribution is -2.18. The van der Waals surface area contributed by atoms with Gasteiger partial charge in [-0.3, -0.25) is 4.68 Å². The number of aromatic nitrogens is 2. The number of benzene rings is 1. The molecular formula is C16H23N3O2. The van der Waals surface area contributed by atoms with Crippen molar-refractivity contribution in [3.63, 3.8) is 0 Å². The van der Waals surface area contributed by atoms with Crippen molar-refractivity contribution < 1.29 is 9.47 Å². The molecule has 1 N–H and O–H groups in total. The summed E-state index contributed by atoms with van der Waals surface area (Å²) in [4.78, 5) is 0. The summed E-state index contributed by atoms with van der Waals surface area (Å²) in [6.45, 7) is 3.05. The minimum Gasteiger partial charge on any atom is -0.493 e. The minimum atomic E-state index is 0.653. The molecule has 0 aliphatic rings. The minimum absolute atomic E-state index is 0.653. The fourth-order valence-electron chi connectivity index (χ4n) is 2.07. The lowest BCUT2D eigenvalue weighted by Gasteiger charge is -2.09. The number of aryl methyl sites for hydroxylation is 1. The summed E-state index contributed by atoms with van der Waals surface area (Å²) in [6.07, 6.45) is 2.66. The second kappa shape index (κ2) is 8.44. The molecule has 0 atom stereocenters. The third-order valence-electron chi connectivity index (χ3n) is 3.26. The number of rotatable bonds is 9. The van der Waals surface area contributed by atoms with Crippen LogP contribution in [0.2, 0.25) is 0 Å². The van der Waals surface area contributed by atoms with E-state index in [1.54, 1.807) is 7.11 Å². The quantitative estimate of drug-likeness (QED) is 0.715. The van der Waals surface area contributed by atoms with Gasteiger partial charge in [0.2, 0.25) is 0 Å². The van der Waals surface area contributed by atoms with Gasteiger partial charge < -0.3 is 14.8 Å². The summed E-state index contributed by atoms with van der Waals surface area (Å²) in [6, 6.07) is 10.2. The van der Waals surface area contributed by atoms with E-state index in [4.69, 9.17) is 9.47 Å². The molecule has 0 fully saturated rings. The Hall–Kier alpha value is -1.85. The summed E-state index contributed by atoms with van der Waals surface area (Å²) in [5.41, 5.74) is 2.39. The monoisotopic (exact) mass is 289 g/mol. The summed E-state index contributed by atoms with van der Waals surface area (Å²) in [7, 11) is 3.65. The standard InChI is InChI=1S/C16H23N3O2/c1-19-15(6-8-18-19)7-10-21-16-5-3-4-14(12-16)13-17-9-11-20-2/h3-6,8,12,17H,7,9-11,13H2,1-2H3. The topological polar surface area (TPSA) is 48.3 Å². The molecule has 0 bridgehead atoms. The Morgan fingerprint density at radius 1 is 1.24 bits per heavy atom. The predicted molar refractivity (Wildman–Crippen MR) is 82.4 cm³/mol. The van der Waals surface area contributed by atoms with E-state index in [1.807, 2.05) is 36.1 Å². The van der Waals surface area contributed by atoms with Crippen molar-refractivity contribution in [2.45, 2.75) is 13.0 Å². The molecule has 2 aromatic rings. The second-order valence-corrected chi connectivity index (χ2v) is 4.86. The highest BCUT2D eigenvalue weighted by atomic mass is 16.5. The van der Waals surface area contributed by atoms with Crippen LogP contribution in [-0.4, -0.2) is 36.6 Å². The van der Waals surface area contributed by atoms with Gasteiger partial charge in [-0.1, -0.05) is 12.1 Å². The van der Waals surface area contributed by atoms with E-state index >= 15 is 0 Å². The van der Waals surface area contributed by atoms with Crippen LogP contribution in [0.4, 0.5) is 0 Å². The van der Waals surface area contributed by atoms with E-state index in [9.17, 15) is 0 Å². The first-order valence-corrected chi connectivity index (χ1v) is 7.18. The maximum absolute atomic E-state index is 5.81. The van der Waals surface area contributed by atoms with Crippen molar-refractivity contribution in [3.05, 3.63) is 47.8 Å². The van der Waals surface area contributed by atoms with Crippen LogP contribution in [-0.2, 0) is 24.8 Å². The molecule has 1 aromatic carbocycles. The van der Waals surface area contributed by atoms with E-state index in [0.717, 1.165) is 31.9 Å². The molecule has 1 aromatic heterocycles. The summed E-state index contributed by atoms with van der Waals surface area (Å²) in [5.74, 6) is 0.906. The van der Waals surface area contributed by atoms with Crippen LogP contribution in [0.25, 0.3) is 0 Å². The van der Waals surface area contributed by atoms with E-state index in [0.29, 0.717) is 6.61 Å². The molecule has 0 amide bonds. The lowest BCUT2D eigenvalue weighted by molar-refractivity contribution is 0.199. The number of nitrogens with zero attached hydrogens (tertiary/aromatic N) is 2. The molecule has 5 nitrogen and oxygen atoms in total. The van der Waals surface area contributed by atoms with Gasteiger partial charge in [-0.05, 0) is 23.8 Å². The highest BCUT2D eigenvalue weighted by molar-refractivity contribution is 5.28. The average Bonchev–Trinajstić information content (AvgIpc) is 2.90. The van der Waals surface area contributed by atoms with Crippen LogP contribution in [0.3, 0.4) is 0 Å². The fourth-order valence-corrected chi connectivity index (χ4v) is 2.07. The Morgan fingerprint density at radius 3 is 2.90 bits per heavy atom. The van der Waals surface area contributed by atoms with Crippen molar-refractivity contribution in [1.82, 2.24) is 15.1 Å². The Balaban J connectivity index is 1.76. The molecule has 114 valence electrons. The fraction of sp³-hybridized carbons (Fsp3) is 0.438. The van der Waals surface area contributed by atoms with Gasteiger partial charge >= 0.3 is 0 Å². The molecule has 0 spiro atoms. The Bertz CT molecular complexity index is 540. The first kappa shape index (κ1) is 15.5. The van der Waals surface area contributed by atoms with Crippen molar-refractivity contribution in [2.24, 2.45) is 7.05 Å². The molecular weight excluding hydrogens is 266 g/mol. The highest BCUT2D eigenvalue weighted by Crippen LogP contribution is 2.13. The molecule has 2 rings (SSSR count). The van der Waals surface area contributed by atoms with Crippen LogP contribution < -0.4 is 10.1 Å². The molecule has 0 aliphatic heterocycles. The molecule has 1 heterocycles. The highest BCUT2D eigenvalue weighted by Gasteiger charge is 2.00. The van der Waals surface area contributed by atoms with Gasteiger partial charge in [0.15, 0.2) is 0 Å². The van der Waals surface area contributed by atoms with E-state index in [2.05, 4.69) is 22.5 Å². The van der Waals surface area contributed by atoms with Crippen molar-refractivity contribution in [2.75, 3.05) is 26.9 Å². The van der Waals surface area contributed by atoms with Gasteiger partial charge in [0, 0.05) is 45.6 Å². The van der Waals surface area contributed by atoms with Gasteiger partial charge in [-0.15, -0.1) is 0 Å². The maximum atomic E-state index is 5.81. The third-order valence-corrected chi connectivity index (χ3v) is 3.26. The SMILES string of the molecule is COCCNCc1cccc(OCCc2ccnn2C)c1. The zero-order chi connectivity index (χ0) is 14.9. The van der Waals surface area contributed by atoms with Crippen LogP contribution in [0.15, 0.2) is 36.5 Å².